The average molecular weight is 445 g/mol. The third kappa shape index (κ3) is 8.41. The molecule has 2 amide bonds. The van der Waals surface area contributed by atoms with E-state index in [1.54, 1.807) is 0 Å². The normalized spacial score (nSPS) is 12.2. The summed E-state index contributed by atoms with van der Waals surface area (Å²) in [6.07, 6.45) is 0.852. The van der Waals surface area contributed by atoms with Gasteiger partial charge in [0.2, 0.25) is 5.91 Å². The number of hydrogen-bond acceptors (Lipinski definition) is 5. The number of alkyl halides is 1. The number of hydrogen-bond donors (Lipinski definition) is 5. The molecule has 2 aromatic carbocycles. The van der Waals surface area contributed by atoms with E-state index in [0.717, 1.165) is 5.56 Å². The van der Waals surface area contributed by atoms with Gasteiger partial charge in [-0.2, -0.15) is 0 Å². The third-order valence-electron chi connectivity index (χ3n) is 4.48. The average Bonchev–Trinajstić information content (AvgIpc) is 2.79. The molecule has 0 spiro atoms. The number of rotatable bonds is 11. The minimum atomic E-state index is -1.69. The number of aliphatic imine (C=N–C) groups is 1. The fraction of sp³-hybridized carbons (Fsp3) is 0.286. The minimum absolute atomic E-state index is 0.130. The van der Waals surface area contributed by atoms with Crippen LogP contribution in [0.25, 0.3) is 0 Å². The van der Waals surface area contributed by atoms with E-state index in [1.165, 1.54) is 24.3 Å². The van der Waals surface area contributed by atoms with E-state index in [4.69, 9.17) is 17.3 Å². The molecule has 164 valence electrons. The summed E-state index contributed by atoms with van der Waals surface area (Å²) in [6, 6.07) is 14.6. The van der Waals surface area contributed by atoms with Crippen molar-refractivity contribution in [1.82, 2.24) is 10.6 Å². The van der Waals surface area contributed by atoms with Crippen LogP contribution in [0.2, 0.25) is 0 Å². The van der Waals surface area contributed by atoms with Crippen LogP contribution in [0.4, 0.5) is 0 Å². The molecule has 0 aromatic heterocycles. The number of carbonyl (C=O) groups excluding carboxylic acids is 2. The molecule has 0 radical (unpaired) electrons. The first-order valence-electron chi connectivity index (χ1n) is 9.84. The highest BCUT2D eigenvalue weighted by atomic mass is 35.5. The Bertz CT molecular complexity index is 896. The minimum Gasteiger partial charge on any atom is -0.423 e. The van der Waals surface area contributed by atoms with Gasteiger partial charge in [0.15, 0.2) is 0 Å². The van der Waals surface area contributed by atoms with Crippen molar-refractivity contribution < 1.29 is 19.6 Å². The summed E-state index contributed by atoms with van der Waals surface area (Å²) >= 11 is 5.60. The van der Waals surface area contributed by atoms with Crippen LogP contribution in [0.15, 0.2) is 59.6 Å². The van der Waals surface area contributed by atoms with Gasteiger partial charge in [-0.3, -0.25) is 14.6 Å². The molecule has 0 unspecified atom stereocenters. The second-order valence-corrected chi connectivity index (χ2v) is 7.14. The van der Waals surface area contributed by atoms with Crippen molar-refractivity contribution in [3.8, 4) is 0 Å². The fourth-order valence-corrected chi connectivity index (χ4v) is 2.90. The van der Waals surface area contributed by atoms with Crippen molar-refractivity contribution in [1.29, 1.82) is 0 Å². The summed E-state index contributed by atoms with van der Waals surface area (Å²) in [5, 5.41) is 24.2. The summed E-state index contributed by atoms with van der Waals surface area (Å²) in [6.45, 7) is 0.707. The summed E-state index contributed by atoms with van der Waals surface area (Å²) < 4.78 is 0. The van der Waals surface area contributed by atoms with Crippen LogP contribution in [-0.4, -0.2) is 53.3 Å². The standard InChI is InChI=1S/C21H26BClN4O4/c23-13-19(24)25-11-5-10-18(21(29)26-14-15-6-2-1-3-7-15)27-20(28)16-8-4-9-17(12-16)22(30)31/h1-4,6-9,12,18,30-31H,5,10-11,13-14H2,(H2,24,25)(H,26,29)(H,27,28)/t18-/m0/s1. The number of amidine groups is 1. The Labute approximate surface area is 186 Å². The molecule has 10 heteroatoms. The molecule has 31 heavy (non-hydrogen) atoms. The monoisotopic (exact) mass is 444 g/mol. The molecule has 0 bridgehead atoms. The van der Waals surface area contributed by atoms with E-state index in [2.05, 4.69) is 15.6 Å². The zero-order valence-electron chi connectivity index (χ0n) is 17.0. The maximum Gasteiger partial charge on any atom is 0.488 e. The van der Waals surface area contributed by atoms with Crippen molar-refractivity contribution in [2.24, 2.45) is 10.7 Å². The van der Waals surface area contributed by atoms with Gasteiger partial charge in [0.25, 0.3) is 5.91 Å². The van der Waals surface area contributed by atoms with Crippen LogP contribution < -0.4 is 21.8 Å². The third-order valence-corrected chi connectivity index (χ3v) is 4.75. The lowest BCUT2D eigenvalue weighted by atomic mass is 9.79. The molecular formula is C21H26BClN4O4. The van der Waals surface area contributed by atoms with Crippen LogP contribution in [-0.2, 0) is 11.3 Å². The van der Waals surface area contributed by atoms with Crippen molar-refractivity contribution in [2.45, 2.75) is 25.4 Å². The Morgan fingerprint density at radius 1 is 1.13 bits per heavy atom. The maximum absolute atomic E-state index is 12.8. The van der Waals surface area contributed by atoms with E-state index in [1.807, 2.05) is 30.3 Å². The molecule has 0 aliphatic heterocycles. The highest BCUT2D eigenvalue weighted by Gasteiger charge is 2.22. The number of nitrogens with zero attached hydrogens (tertiary/aromatic N) is 1. The smallest absolute Gasteiger partial charge is 0.423 e. The van der Waals surface area contributed by atoms with Gasteiger partial charge in [-0.1, -0.05) is 42.5 Å². The number of nitrogens with two attached hydrogens (primary N) is 1. The zero-order chi connectivity index (χ0) is 22.6. The predicted molar refractivity (Wildman–Crippen MR) is 122 cm³/mol. The summed E-state index contributed by atoms with van der Waals surface area (Å²) in [7, 11) is -1.69. The highest BCUT2D eigenvalue weighted by molar-refractivity contribution is 6.58. The van der Waals surface area contributed by atoms with Crippen LogP contribution in [0.1, 0.15) is 28.8 Å². The SMILES string of the molecule is NC(CCl)=NCCC[C@H](NC(=O)c1cccc(B(O)O)c1)C(=O)NCc1ccccc1. The maximum atomic E-state index is 12.8. The van der Waals surface area contributed by atoms with Crippen molar-refractivity contribution in [3.05, 3.63) is 65.7 Å². The summed E-state index contributed by atoms with van der Waals surface area (Å²) in [4.78, 5) is 29.5. The van der Waals surface area contributed by atoms with Crippen LogP contribution in [0, 0.1) is 0 Å². The topological polar surface area (TPSA) is 137 Å². The van der Waals surface area contributed by atoms with Gasteiger partial charge in [-0.05, 0) is 36.0 Å². The van der Waals surface area contributed by atoms with E-state index in [-0.39, 0.29) is 22.8 Å². The molecule has 0 aliphatic carbocycles. The Morgan fingerprint density at radius 3 is 2.55 bits per heavy atom. The van der Waals surface area contributed by atoms with Crippen LogP contribution >= 0.6 is 11.6 Å². The summed E-state index contributed by atoms with van der Waals surface area (Å²) in [5.74, 6) is -0.378. The molecule has 8 nitrogen and oxygen atoms in total. The fourth-order valence-electron chi connectivity index (χ4n) is 2.82. The van der Waals surface area contributed by atoms with Crippen molar-refractivity contribution >= 4 is 41.8 Å². The molecule has 0 heterocycles. The van der Waals surface area contributed by atoms with E-state index in [9.17, 15) is 19.6 Å². The first-order chi connectivity index (χ1) is 14.9. The van der Waals surface area contributed by atoms with E-state index in [0.29, 0.717) is 31.8 Å². The molecule has 2 rings (SSSR count). The van der Waals surface area contributed by atoms with Gasteiger partial charge in [0.05, 0.1) is 5.88 Å². The van der Waals surface area contributed by atoms with Crippen molar-refractivity contribution in [2.75, 3.05) is 12.4 Å². The largest absolute Gasteiger partial charge is 0.488 e. The Balaban J connectivity index is 2.05. The number of nitrogens with one attached hydrogen (secondary N) is 2. The van der Waals surface area contributed by atoms with Crippen molar-refractivity contribution in [3.63, 3.8) is 0 Å². The second kappa shape index (κ2) is 12.7. The zero-order valence-corrected chi connectivity index (χ0v) is 17.8. The van der Waals surface area contributed by atoms with Gasteiger partial charge in [-0.15, -0.1) is 11.6 Å². The molecule has 0 aliphatic rings. The van der Waals surface area contributed by atoms with E-state index < -0.39 is 19.1 Å². The molecule has 0 saturated carbocycles. The van der Waals surface area contributed by atoms with Gasteiger partial charge >= 0.3 is 7.12 Å². The summed E-state index contributed by atoms with van der Waals surface area (Å²) in [5.41, 5.74) is 6.92. The first-order valence-corrected chi connectivity index (χ1v) is 10.4. The second-order valence-electron chi connectivity index (χ2n) is 6.88. The van der Waals surface area contributed by atoms with Crippen LogP contribution in [0.3, 0.4) is 0 Å². The number of benzene rings is 2. The number of amides is 2. The number of carbonyl (C=O) groups is 2. The first kappa shape index (κ1) is 24.4. The lowest BCUT2D eigenvalue weighted by molar-refractivity contribution is -0.123. The van der Waals surface area contributed by atoms with Gasteiger partial charge in [0, 0.05) is 18.7 Å². The lowest BCUT2D eigenvalue weighted by Gasteiger charge is -2.19. The van der Waals surface area contributed by atoms with Crippen LogP contribution in [0.5, 0.6) is 0 Å². The van der Waals surface area contributed by atoms with Gasteiger partial charge in [-0.25, -0.2) is 0 Å². The quantitative estimate of drug-likeness (QED) is 0.110. The predicted octanol–water partition coefficient (Wildman–Crippen LogP) is 0.157. The molecule has 1 atom stereocenters. The van der Waals surface area contributed by atoms with Gasteiger partial charge < -0.3 is 26.4 Å². The van der Waals surface area contributed by atoms with Gasteiger partial charge in [0.1, 0.15) is 11.9 Å². The highest BCUT2D eigenvalue weighted by Crippen LogP contribution is 2.05. The molecule has 6 N–H and O–H groups in total. The molecule has 0 fully saturated rings. The van der Waals surface area contributed by atoms with E-state index >= 15 is 0 Å². The number of halogens is 1. The Kier molecular flexibility index (Phi) is 10.0. The Hall–Kier alpha value is -2.88. The molecule has 0 saturated heterocycles. The molecule has 2 aromatic rings. The Morgan fingerprint density at radius 2 is 1.87 bits per heavy atom. The lowest BCUT2D eigenvalue weighted by Crippen LogP contribution is -2.46. The molecular weight excluding hydrogens is 419 g/mol.